The number of hydrogen-bond acceptors (Lipinski definition) is 1. The van der Waals surface area contributed by atoms with Crippen molar-refractivity contribution < 1.29 is 0 Å². The van der Waals surface area contributed by atoms with Gasteiger partial charge >= 0.3 is 0 Å². The summed E-state index contributed by atoms with van der Waals surface area (Å²) in [5, 5.41) is 0. The minimum Gasteiger partial charge on any atom is -0.318 e. The van der Waals surface area contributed by atoms with Gasteiger partial charge in [0.1, 0.15) is 0 Å². The molecule has 0 fully saturated rings. The molecule has 14 heavy (non-hydrogen) atoms. The van der Waals surface area contributed by atoms with Crippen LogP contribution in [0.3, 0.4) is 0 Å². The molecule has 1 rings (SSSR count). The summed E-state index contributed by atoms with van der Waals surface area (Å²) in [5.41, 5.74) is 7.03. The van der Waals surface area contributed by atoms with Gasteiger partial charge in [0, 0.05) is 6.42 Å². The summed E-state index contributed by atoms with van der Waals surface area (Å²) in [4.78, 5) is 0. The first kappa shape index (κ1) is 10.8. The van der Waals surface area contributed by atoms with Crippen LogP contribution in [0.5, 0.6) is 0 Å². The van der Waals surface area contributed by atoms with Crippen molar-refractivity contribution in [2.45, 2.75) is 32.2 Å². The van der Waals surface area contributed by atoms with Crippen LogP contribution in [0.15, 0.2) is 30.3 Å². The van der Waals surface area contributed by atoms with Crippen molar-refractivity contribution in [1.82, 2.24) is 0 Å². The zero-order valence-corrected chi connectivity index (χ0v) is 8.66. The molecule has 0 amide bonds. The van der Waals surface area contributed by atoms with Crippen molar-refractivity contribution in [2.24, 2.45) is 5.73 Å². The Bertz CT molecular complexity index is 305. The van der Waals surface area contributed by atoms with E-state index in [1.807, 2.05) is 18.2 Å². The number of hydrogen-bond donors (Lipinski definition) is 1. The Labute approximate surface area is 86.3 Å². The van der Waals surface area contributed by atoms with Gasteiger partial charge in [-0.25, -0.2) is 0 Å². The van der Waals surface area contributed by atoms with Crippen LogP contribution in [-0.4, -0.2) is 6.04 Å². The lowest BCUT2D eigenvalue weighted by atomic mass is 10.1. The smallest absolute Gasteiger partial charge is 0.0664 e. The van der Waals surface area contributed by atoms with Crippen molar-refractivity contribution in [3.63, 3.8) is 0 Å². The molecule has 1 aromatic carbocycles. The van der Waals surface area contributed by atoms with Crippen LogP contribution in [0.25, 0.3) is 0 Å². The van der Waals surface area contributed by atoms with Crippen molar-refractivity contribution >= 4 is 0 Å². The molecule has 0 aliphatic carbocycles. The monoisotopic (exact) mass is 187 g/mol. The van der Waals surface area contributed by atoms with Gasteiger partial charge in [-0.05, 0) is 12.0 Å². The van der Waals surface area contributed by atoms with Crippen molar-refractivity contribution in [1.29, 1.82) is 0 Å². The second kappa shape index (κ2) is 6.23. The highest BCUT2D eigenvalue weighted by Gasteiger charge is 1.92. The summed E-state index contributed by atoms with van der Waals surface area (Å²) in [5.74, 6) is 6.17. The largest absolute Gasteiger partial charge is 0.318 e. The zero-order chi connectivity index (χ0) is 10.2. The fraction of sp³-hybridized carbons (Fsp3) is 0.385. The molecule has 1 heteroatoms. The van der Waals surface area contributed by atoms with Gasteiger partial charge < -0.3 is 5.73 Å². The van der Waals surface area contributed by atoms with Gasteiger partial charge in [0.25, 0.3) is 0 Å². The summed E-state index contributed by atoms with van der Waals surface area (Å²) in [6, 6.07) is 10.3. The molecular formula is C13H17N. The van der Waals surface area contributed by atoms with Crippen molar-refractivity contribution in [3.05, 3.63) is 35.9 Å². The minimum atomic E-state index is 0.0451. The number of nitrogens with two attached hydrogens (primary N) is 1. The first-order chi connectivity index (χ1) is 6.83. The predicted molar refractivity (Wildman–Crippen MR) is 60.8 cm³/mol. The Kier molecular flexibility index (Phi) is 4.82. The third-order valence-corrected chi connectivity index (χ3v) is 2.02. The standard InChI is InChI=1S/C13H17N/c1-2-7-13(14)11-6-10-12-8-4-3-5-9-12/h3-5,8-9,13H,2,7,10,14H2,1H3. The van der Waals surface area contributed by atoms with Crippen LogP contribution >= 0.6 is 0 Å². The molecule has 0 aliphatic rings. The van der Waals surface area contributed by atoms with E-state index in [0.717, 1.165) is 19.3 Å². The SMILES string of the molecule is CCCC(N)C#CCc1ccccc1. The normalized spacial score (nSPS) is 11.6. The lowest BCUT2D eigenvalue weighted by molar-refractivity contribution is 0.720. The van der Waals surface area contributed by atoms with E-state index in [-0.39, 0.29) is 6.04 Å². The van der Waals surface area contributed by atoms with Gasteiger partial charge in [-0.1, -0.05) is 55.5 Å². The topological polar surface area (TPSA) is 26.0 Å². The average Bonchev–Trinajstić information content (AvgIpc) is 2.20. The first-order valence-electron chi connectivity index (χ1n) is 5.11. The van der Waals surface area contributed by atoms with Crippen LogP contribution in [0.1, 0.15) is 25.3 Å². The molecule has 1 nitrogen and oxygen atoms in total. The Morgan fingerprint density at radius 1 is 1.29 bits per heavy atom. The zero-order valence-electron chi connectivity index (χ0n) is 8.66. The molecule has 0 heterocycles. The Morgan fingerprint density at radius 3 is 2.64 bits per heavy atom. The van der Waals surface area contributed by atoms with Gasteiger partial charge in [0.15, 0.2) is 0 Å². The van der Waals surface area contributed by atoms with E-state index in [9.17, 15) is 0 Å². The highest BCUT2D eigenvalue weighted by molar-refractivity contribution is 5.21. The second-order valence-electron chi connectivity index (χ2n) is 3.38. The maximum absolute atomic E-state index is 5.77. The third kappa shape index (κ3) is 4.11. The number of benzene rings is 1. The molecule has 74 valence electrons. The van der Waals surface area contributed by atoms with E-state index >= 15 is 0 Å². The molecule has 0 aromatic heterocycles. The maximum atomic E-state index is 5.77. The fourth-order valence-corrected chi connectivity index (χ4v) is 1.26. The molecule has 1 aromatic rings. The van der Waals surface area contributed by atoms with Gasteiger partial charge in [-0.3, -0.25) is 0 Å². The van der Waals surface area contributed by atoms with Gasteiger partial charge in [0.2, 0.25) is 0 Å². The predicted octanol–water partition coefficient (Wildman–Crippen LogP) is 2.36. The molecule has 1 atom stereocenters. The Balaban J connectivity index is 2.40. The summed E-state index contributed by atoms with van der Waals surface area (Å²) in [7, 11) is 0. The van der Waals surface area contributed by atoms with Gasteiger partial charge in [0.05, 0.1) is 6.04 Å². The van der Waals surface area contributed by atoms with E-state index in [1.165, 1.54) is 5.56 Å². The quantitative estimate of drug-likeness (QED) is 0.722. The second-order valence-corrected chi connectivity index (χ2v) is 3.38. The molecule has 0 aliphatic heterocycles. The molecule has 0 bridgehead atoms. The summed E-state index contributed by atoms with van der Waals surface area (Å²) in [6.07, 6.45) is 2.89. The number of rotatable bonds is 3. The molecule has 2 N–H and O–H groups in total. The van der Waals surface area contributed by atoms with Gasteiger partial charge in [-0.15, -0.1) is 0 Å². The molecule has 0 spiro atoms. The molecular weight excluding hydrogens is 170 g/mol. The van der Waals surface area contributed by atoms with Gasteiger partial charge in [-0.2, -0.15) is 0 Å². The van der Waals surface area contributed by atoms with E-state index in [0.29, 0.717) is 0 Å². The van der Waals surface area contributed by atoms with E-state index in [1.54, 1.807) is 0 Å². The highest BCUT2D eigenvalue weighted by atomic mass is 14.6. The van der Waals surface area contributed by atoms with Crippen LogP contribution in [0.2, 0.25) is 0 Å². The lowest BCUT2D eigenvalue weighted by Crippen LogP contribution is -2.16. The molecule has 0 saturated heterocycles. The van der Waals surface area contributed by atoms with Crippen molar-refractivity contribution in [3.8, 4) is 11.8 Å². The molecule has 0 saturated carbocycles. The Morgan fingerprint density at radius 2 is 2.00 bits per heavy atom. The highest BCUT2D eigenvalue weighted by Crippen LogP contribution is 1.98. The van der Waals surface area contributed by atoms with Crippen LogP contribution < -0.4 is 5.73 Å². The minimum absolute atomic E-state index is 0.0451. The van der Waals surface area contributed by atoms with Crippen LogP contribution in [0.4, 0.5) is 0 Å². The van der Waals surface area contributed by atoms with Crippen LogP contribution in [-0.2, 0) is 6.42 Å². The van der Waals surface area contributed by atoms with Crippen LogP contribution in [0, 0.1) is 11.8 Å². The van der Waals surface area contributed by atoms with Crippen molar-refractivity contribution in [2.75, 3.05) is 0 Å². The van der Waals surface area contributed by atoms with E-state index in [4.69, 9.17) is 5.73 Å². The Hall–Kier alpha value is -1.26. The first-order valence-corrected chi connectivity index (χ1v) is 5.11. The van der Waals surface area contributed by atoms with E-state index in [2.05, 4.69) is 30.9 Å². The summed E-state index contributed by atoms with van der Waals surface area (Å²) in [6.45, 7) is 2.12. The lowest BCUT2D eigenvalue weighted by Gasteiger charge is -1.98. The van der Waals surface area contributed by atoms with E-state index < -0.39 is 0 Å². The fourth-order valence-electron chi connectivity index (χ4n) is 1.26. The third-order valence-electron chi connectivity index (χ3n) is 2.02. The summed E-state index contributed by atoms with van der Waals surface area (Å²) >= 11 is 0. The molecule has 1 unspecified atom stereocenters. The molecule has 0 radical (unpaired) electrons. The summed E-state index contributed by atoms with van der Waals surface area (Å²) < 4.78 is 0. The maximum Gasteiger partial charge on any atom is 0.0664 e. The average molecular weight is 187 g/mol.